The maximum atomic E-state index is 10.6. The molecule has 5 rings (SSSR count). The zero-order valence-electron chi connectivity index (χ0n) is 20.0. The van der Waals surface area contributed by atoms with Crippen LogP contribution < -0.4 is 5.32 Å². The molecule has 4 heterocycles. The molecule has 0 aliphatic carbocycles. The first-order valence-electron chi connectivity index (χ1n) is 11.6. The number of thiophene rings is 1. The van der Waals surface area contributed by atoms with Gasteiger partial charge in [-0.15, -0.1) is 22.7 Å². The van der Waals surface area contributed by atoms with Gasteiger partial charge in [-0.05, 0) is 70.5 Å². The number of carboxylic acid groups (broad SMARTS) is 1. The van der Waals surface area contributed by atoms with Gasteiger partial charge in [-0.1, -0.05) is 0 Å². The molecule has 36 heavy (non-hydrogen) atoms. The van der Waals surface area contributed by atoms with Gasteiger partial charge in [-0.2, -0.15) is 13.2 Å². The Morgan fingerprint density at radius 3 is 2.67 bits per heavy atom. The quantitative estimate of drug-likeness (QED) is 0.286. The first-order valence-corrected chi connectivity index (χ1v) is 13.3. The van der Waals surface area contributed by atoms with Crippen molar-refractivity contribution in [2.24, 2.45) is 0 Å². The number of thiazole rings is 1. The van der Waals surface area contributed by atoms with Gasteiger partial charge in [0.2, 0.25) is 0 Å². The first-order chi connectivity index (χ1) is 17.0. The summed E-state index contributed by atoms with van der Waals surface area (Å²) in [6.07, 6.45) is -0.634. The molecule has 1 fully saturated rings. The topological polar surface area (TPSA) is 78.3 Å². The van der Waals surface area contributed by atoms with E-state index >= 15 is 0 Å². The molecule has 0 amide bonds. The molecule has 3 aromatic heterocycles. The molecule has 2 atom stereocenters. The molecule has 0 radical (unpaired) electrons. The van der Waals surface area contributed by atoms with Crippen LogP contribution in [0.25, 0.3) is 20.4 Å². The average molecular weight is 537 g/mol. The fourth-order valence-electron chi connectivity index (χ4n) is 4.62. The lowest BCUT2D eigenvalue weighted by molar-refractivity contribution is -0.192. The van der Waals surface area contributed by atoms with Crippen LogP contribution in [0.3, 0.4) is 0 Å². The van der Waals surface area contributed by atoms with Crippen molar-refractivity contribution < 1.29 is 23.1 Å². The van der Waals surface area contributed by atoms with E-state index in [2.05, 4.69) is 71.3 Å². The lowest BCUT2D eigenvalue weighted by Gasteiger charge is -2.41. The Hall–Kier alpha value is -2.76. The highest BCUT2D eigenvalue weighted by molar-refractivity contribution is 7.18. The van der Waals surface area contributed by atoms with E-state index in [-0.39, 0.29) is 0 Å². The molecule has 0 spiro atoms. The summed E-state index contributed by atoms with van der Waals surface area (Å²) >= 11 is 3.54. The number of carboxylic acids is 1. The summed E-state index contributed by atoms with van der Waals surface area (Å²) in [7, 11) is 0. The van der Waals surface area contributed by atoms with Crippen molar-refractivity contribution in [2.75, 3.05) is 11.9 Å². The lowest BCUT2D eigenvalue weighted by Crippen LogP contribution is -2.45. The molecule has 0 saturated carbocycles. The maximum absolute atomic E-state index is 10.6. The van der Waals surface area contributed by atoms with Crippen LogP contribution in [0.2, 0.25) is 0 Å². The summed E-state index contributed by atoms with van der Waals surface area (Å²) in [5.74, 6) is -2.17. The minimum absolute atomic E-state index is 0.570. The van der Waals surface area contributed by atoms with E-state index in [4.69, 9.17) is 9.90 Å². The van der Waals surface area contributed by atoms with Gasteiger partial charge in [0.1, 0.15) is 4.83 Å². The average Bonchev–Trinajstić information content (AvgIpc) is 3.46. The lowest BCUT2D eigenvalue weighted by atomic mass is 9.88. The molecule has 4 aromatic rings. The van der Waals surface area contributed by atoms with Gasteiger partial charge in [-0.25, -0.2) is 14.8 Å². The standard InChI is InChI=1S/C23H26N4S2.C2HF3O2/c1-14(2)27-10-4-5-17(15(27)3)22-12-18-19(8-9-24-23(18)29-22)26-16-6-7-21-20(11-16)25-13-28-21;3-2(4,5)1(6)7/h6-9,11-15,17H,4-5,10H2,1-3H3,(H,24,26);(H,6,7). The number of aromatic nitrogens is 2. The van der Waals surface area contributed by atoms with Crippen molar-refractivity contribution >= 4 is 60.5 Å². The van der Waals surface area contributed by atoms with Gasteiger partial charge in [0, 0.05) is 40.1 Å². The van der Waals surface area contributed by atoms with Gasteiger partial charge >= 0.3 is 12.1 Å². The Labute approximate surface area is 214 Å². The zero-order valence-corrected chi connectivity index (χ0v) is 21.7. The highest BCUT2D eigenvalue weighted by Crippen LogP contribution is 2.41. The first kappa shape index (κ1) is 26.3. The molecule has 11 heteroatoms. The van der Waals surface area contributed by atoms with Crippen LogP contribution in [-0.2, 0) is 4.79 Å². The number of halogens is 3. The van der Waals surface area contributed by atoms with Gasteiger partial charge in [0.25, 0.3) is 0 Å². The second-order valence-corrected chi connectivity index (χ2v) is 11.0. The summed E-state index contributed by atoms with van der Waals surface area (Å²) in [5, 5.41) is 12.0. The van der Waals surface area contributed by atoms with Crippen molar-refractivity contribution in [1.82, 2.24) is 14.9 Å². The third kappa shape index (κ3) is 5.79. The predicted molar refractivity (Wildman–Crippen MR) is 139 cm³/mol. The Morgan fingerprint density at radius 2 is 1.97 bits per heavy atom. The molecule has 1 aliphatic rings. The molecule has 192 valence electrons. The van der Waals surface area contributed by atoms with Crippen LogP contribution in [0, 0.1) is 0 Å². The van der Waals surface area contributed by atoms with Crippen molar-refractivity contribution in [3.63, 3.8) is 0 Å². The number of anilines is 2. The van der Waals surface area contributed by atoms with E-state index in [0.29, 0.717) is 18.0 Å². The summed E-state index contributed by atoms with van der Waals surface area (Å²) in [6.45, 7) is 8.23. The van der Waals surface area contributed by atoms with Crippen molar-refractivity contribution in [1.29, 1.82) is 0 Å². The molecular weight excluding hydrogens is 509 g/mol. The number of nitrogens with zero attached hydrogens (tertiary/aromatic N) is 3. The predicted octanol–water partition coefficient (Wildman–Crippen LogP) is 7.26. The summed E-state index contributed by atoms with van der Waals surface area (Å²) in [5.41, 5.74) is 5.13. The molecule has 1 aromatic carbocycles. The second-order valence-electron chi connectivity index (χ2n) is 9.01. The van der Waals surface area contributed by atoms with Gasteiger partial charge in [0.05, 0.1) is 21.4 Å². The Kier molecular flexibility index (Phi) is 7.82. The van der Waals surface area contributed by atoms with Crippen LogP contribution in [0.5, 0.6) is 0 Å². The molecule has 1 aliphatic heterocycles. The fourth-order valence-corrected chi connectivity index (χ4v) is 6.54. The number of carbonyl (C=O) groups is 1. The largest absolute Gasteiger partial charge is 0.490 e. The monoisotopic (exact) mass is 536 g/mol. The number of alkyl halides is 3. The summed E-state index contributed by atoms with van der Waals surface area (Å²) in [4.78, 5) is 23.2. The van der Waals surface area contributed by atoms with Crippen LogP contribution in [0.4, 0.5) is 24.5 Å². The number of likely N-dealkylation sites (tertiary alicyclic amines) is 1. The normalized spacial score (nSPS) is 18.9. The molecule has 1 saturated heterocycles. The van der Waals surface area contributed by atoms with E-state index in [1.165, 1.54) is 34.3 Å². The van der Waals surface area contributed by atoms with E-state index in [1.54, 1.807) is 11.3 Å². The maximum Gasteiger partial charge on any atom is 0.490 e. The number of hydrogen-bond acceptors (Lipinski definition) is 7. The highest BCUT2D eigenvalue weighted by Gasteiger charge is 2.38. The minimum atomic E-state index is -5.08. The van der Waals surface area contributed by atoms with Gasteiger partial charge < -0.3 is 10.4 Å². The number of fused-ring (bicyclic) bond motifs is 2. The number of hydrogen-bond donors (Lipinski definition) is 2. The second kappa shape index (κ2) is 10.7. The van der Waals surface area contributed by atoms with Gasteiger partial charge in [-0.3, -0.25) is 4.90 Å². The van der Waals surface area contributed by atoms with Crippen molar-refractivity contribution in [3.8, 4) is 0 Å². The molecule has 6 nitrogen and oxygen atoms in total. The summed E-state index contributed by atoms with van der Waals surface area (Å²) < 4.78 is 33.0. The van der Waals surface area contributed by atoms with E-state index in [0.717, 1.165) is 21.7 Å². The van der Waals surface area contributed by atoms with Crippen molar-refractivity contribution in [3.05, 3.63) is 46.9 Å². The van der Waals surface area contributed by atoms with Gasteiger partial charge in [0.15, 0.2) is 0 Å². The SMILES string of the molecule is CC(C)N1CCCC(c2cc3c(Nc4ccc5scnc5c4)ccnc3s2)C1C.O=C(O)C(F)(F)F. The number of piperidine rings is 1. The fraction of sp³-hybridized carbons (Fsp3) is 0.400. The minimum Gasteiger partial charge on any atom is -0.475 e. The molecular formula is C25H27F3N4O2S2. The van der Waals surface area contributed by atoms with Crippen LogP contribution in [-0.4, -0.2) is 50.7 Å². The Bertz CT molecular complexity index is 1350. The number of pyridine rings is 1. The Morgan fingerprint density at radius 1 is 1.22 bits per heavy atom. The highest BCUT2D eigenvalue weighted by atomic mass is 32.1. The molecule has 2 unspecified atom stereocenters. The third-order valence-electron chi connectivity index (χ3n) is 6.37. The summed E-state index contributed by atoms with van der Waals surface area (Å²) in [6, 6.07) is 12.0. The van der Waals surface area contributed by atoms with Crippen LogP contribution in [0.1, 0.15) is 44.4 Å². The number of benzene rings is 1. The number of aliphatic carboxylic acids is 1. The van der Waals surface area contributed by atoms with Crippen LogP contribution >= 0.6 is 22.7 Å². The third-order valence-corrected chi connectivity index (χ3v) is 8.36. The molecule has 2 N–H and O–H groups in total. The number of rotatable bonds is 4. The van der Waals surface area contributed by atoms with Crippen molar-refractivity contribution in [2.45, 2.75) is 57.8 Å². The van der Waals surface area contributed by atoms with E-state index in [9.17, 15) is 13.2 Å². The Balaban J connectivity index is 0.000000384. The smallest absolute Gasteiger partial charge is 0.475 e. The number of nitrogens with one attached hydrogen (secondary N) is 1. The van der Waals surface area contributed by atoms with E-state index in [1.807, 2.05) is 23.0 Å². The van der Waals surface area contributed by atoms with E-state index < -0.39 is 12.1 Å². The zero-order chi connectivity index (χ0) is 26.0. The van der Waals surface area contributed by atoms with Crippen LogP contribution in [0.15, 0.2) is 42.0 Å². The molecule has 0 bridgehead atoms.